The van der Waals surface area contributed by atoms with Crippen LogP contribution < -0.4 is 0 Å². The van der Waals surface area contributed by atoms with Crippen LogP contribution in [0.3, 0.4) is 0 Å². The summed E-state index contributed by atoms with van der Waals surface area (Å²) in [5.41, 5.74) is 1.05. The van der Waals surface area contributed by atoms with Gasteiger partial charge in [0.05, 0.1) is 12.7 Å². The normalized spacial score (nSPS) is 9.94. The van der Waals surface area contributed by atoms with E-state index in [9.17, 15) is 14.7 Å². The van der Waals surface area contributed by atoms with Gasteiger partial charge in [-0.05, 0) is 31.5 Å². The van der Waals surface area contributed by atoms with Crippen molar-refractivity contribution in [1.82, 2.24) is 4.90 Å². The fraction of sp³-hybridized carbons (Fsp3) is 0.385. The van der Waals surface area contributed by atoms with Gasteiger partial charge in [0.1, 0.15) is 12.3 Å². The molecule has 1 rings (SSSR count). The number of ether oxygens (including phenoxy) is 1. The Morgan fingerprint density at radius 1 is 1.39 bits per heavy atom. The standard InChI is InChI=1S/C13H17NO4/c1-4-14(8-12(16)18-3)13(17)10-6-5-9(2)7-11(10)15/h5-7,15H,4,8H2,1-3H3. The van der Waals surface area contributed by atoms with Crippen LogP contribution in [-0.2, 0) is 9.53 Å². The average molecular weight is 251 g/mol. The monoisotopic (exact) mass is 251 g/mol. The van der Waals surface area contributed by atoms with Crippen molar-refractivity contribution in [3.8, 4) is 5.75 Å². The Morgan fingerprint density at radius 3 is 2.56 bits per heavy atom. The van der Waals surface area contributed by atoms with Gasteiger partial charge >= 0.3 is 5.97 Å². The van der Waals surface area contributed by atoms with Crippen molar-refractivity contribution < 1.29 is 19.4 Å². The number of amides is 1. The molecule has 0 saturated carbocycles. The number of carbonyl (C=O) groups excluding carboxylic acids is 2. The van der Waals surface area contributed by atoms with Gasteiger partial charge in [-0.15, -0.1) is 0 Å². The Morgan fingerprint density at radius 2 is 2.06 bits per heavy atom. The van der Waals surface area contributed by atoms with E-state index >= 15 is 0 Å². The molecule has 0 aromatic heterocycles. The van der Waals surface area contributed by atoms with E-state index in [1.165, 1.54) is 18.1 Å². The van der Waals surface area contributed by atoms with E-state index in [1.807, 2.05) is 6.92 Å². The third-order valence-electron chi connectivity index (χ3n) is 2.60. The van der Waals surface area contributed by atoms with E-state index in [0.29, 0.717) is 6.54 Å². The van der Waals surface area contributed by atoms with Crippen molar-refractivity contribution in [2.75, 3.05) is 20.2 Å². The van der Waals surface area contributed by atoms with Crippen LogP contribution in [0.15, 0.2) is 18.2 Å². The molecule has 1 aromatic rings. The lowest BCUT2D eigenvalue weighted by molar-refractivity contribution is -0.141. The van der Waals surface area contributed by atoms with E-state index in [4.69, 9.17) is 0 Å². The van der Waals surface area contributed by atoms with E-state index in [2.05, 4.69) is 4.74 Å². The second-order valence-corrected chi connectivity index (χ2v) is 3.92. The Kier molecular flexibility index (Phi) is 4.71. The molecule has 0 fully saturated rings. The van der Waals surface area contributed by atoms with Crippen molar-refractivity contribution in [2.24, 2.45) is 0 Å². The molecule has 1 aromatic carbocycles. The number of hydrogen-bond acceptors (Lipinski definition) is 4. The summed E-state index contributed by atoms with van der Waals surface area (Å²) in [6, 6.07) is 4.80. The number of phenols is 1. The molecule has 0 aliphatic heterocycles. The molecule has 1 N–H and O–H groups in total. The maximum absolute atomic E-state index is 12.1. The van der Waals surface area contributed by atoms with E-state index < -0.39 is 5.97 Å². The van der Waals surface area contributed by atoms with Crippen molar-refractivity contribution in [3.05, 3.63) is 29.3 Å². The molecular formula is C13H17NO4. The third-order valence-corrected chi connectivity index (χ3v) is 2.60. The summed E-state index contributed by atoms with van der Waals surface area (Å²) >= 11 is 0. The lowest BCUT2D eigenvalue weighted by Gasteiger charge is -2.20. The molecule has 1 amide bonds. The molecule has 0 aliphatic rings. The first-order valence-electron chi connectivity index (χ1n) is 5.65. The Bertz CT molecular complexity index is 456. The van der Waals surface area contributed by atoms with Crippen LogP contribution in [0.25, 0.3) is 0 Å². The number of rotatable bonds is 4. The molecule has 0 atom stereocenters. The fourth-order valence-electron chi connectivity index (χ4n) is 1.54. The summed E-state index contributed by atoms with van der Waals surface area (Å²) in [5, 5.41) is 9.73. The maximum atomic E-state index is 12.1. The molecule has 0 heterocycles. The highest BCUT2D eigenvalue weighted by atomic mass is 16.5. The van der Waals surface area contributed by atoms with Crippen LogP contribution >= 0.6 is 0 Å². The van der Waals surface area contributed by atoms with Gasteiger partial charge in [0, 0.05) is 6.54 Å². The first-order valence-corrected chi connectivity index (χ1v) is 5.65. The predicted octanol–water partition coefficient (Wildman–Crippen LogP) is 1.34. The SMILES string of the molecule is CCN(CC(=O)OC)C(=O)c1ccc(C)cc1O. The van der Waals surface area contributed by atoms with E-state index in [-0.39, 0.29) is 23.8 Å². The lowest BCUT2D eigenvalue weighted by Crippen LogP contribution is -2.36. The maximum Gasteiger partial charge on any atom is 0.325 e. The predicted molar refractivity (Wildman–Crippen MR) is 66.4 cm³/mol. The molecule has 0 aliphatic carbocycles. The van der Waals surface area contributed by atoms with Gasteiger partial charge in [-0.1, -0.05) is 6.07 Å². The van der Waals surface area contributed by atoms with Gasteiger partial charge in [-0.2, -0.15) is 0 Å². The van der Waals surface area contributed by atoms with Crippen LogP contribution in [0.5, 0.6) is 5.75 Å². The lowest BCUT2D eigenvalue weighted by atomic mass is 10.1. The number of aromatic hydroxyl groups is 1. The van der Waals surface area contributed by atoms with Crippen molar-refractivity contribution >= 4 is 11.9 Å². The van der Waals surface area contributed by atoms with Gasteiger partial charge in [0.2, 0.25) is 0 Å². The second kappa shape index (κ2) is 6.05. The zero-order valence-corrected chi connectivity index (χ0v) is 10.8. The number of methoxy groups -OCH3 is 1. The minimum atomic E-state index is -0.489. The van der Waals surface area contributed by atoms with Crippen LogP contribution in [0.4, 0.5) is 0 Å². The van der Waals surface area contributed by atoms with Crippen LogP contribution in [-0.4, -0.2) is 42.1 Å². The summed E-state index contributed by atoms with van der Waals surface area (Å²) < 4.78 is 4.52. The summed E-state index contributed by atoms with van der Waals surface area (Å²) in [5.74, 6) is -0.958. The van der Waals surface area contributed by atoms with Gasteiger partial charge in [0.25, 0.3) is 5.91 Å². The number of phenolic OH excluding ortho intramolecular Hbond substituents is 1. The number of aryl methyl sites for hydroxylation is 1. The van der Waals surface area contributed by atoms with Crippen LogP contribution in [0.2, 0.25) is 0 Å². The first kappa shape index (κ1) is 14.0. The molecule has 5 nitrogen and oxygen atoms in total. The highest BCUT2D eigenvalue weighted by Gasteiger charge is 2.20. The average Bonchev–Trinajstić information content (AvgIpc) is 2.34. The summed E-state index contributed by atoms with van der Waals surface area (Å²) in [6.45, 7) is 3.81. The fourth-order valence-corrected chi connectivity index (χ4v) is 1.54. The number of nitrogens with zero attached hydrogens (tertiary/aromatic N) is 1. The molecule has 5 heteroatoms. The number of benzene rings is 1. The van der Waals surface area contributed by atoms with Crippen molar-refractivity contribution in [2.45, 2.75) is 13.8 Å². The minimum absolute atomic E-state index is 0.0803. The third kappa shape index (κ3) is 3.23. The topological polar surface area (TPSA) is 66.8 Å². The Labute approximate surface area is 106 Å². The molecule has 18 heavy (non-hydrogen) atoms. The van der Waals surface area contributed by atoms with E-state index in [1.54, 1.807) is 19.1 Å². The number of esters is 1. The number of likely N-dealkylation sites (N-methyl/N-ethyl adjacent to an activating group) is 1. The molecule has 0 spiro atoms. The van der Waals surface area contributed by atoms with Crippen LogP contribution in [0.1, 0.15) is 22.8 Å². The molecule has 0 saturated heterocycles. The van der Waals surface area contributed by atoms with E-state index in [0.717, 1.165) is 5.56 Å². The molecule has 0 unspecified atom stereocenters. The minimum Gasteiger partial charge on any atom is -0.507 e. The second-order valence-electron chi connectivity index (χ2n) is 3.92. The number of carbonyl (C=O) groups is 2. The smallest absolute Gasteiger partial charge is 0.325 e. The van der Waals surface area contributed by atoms with Crippen molar-refractivity contribution in [3.63, 3.8) is 0 Å². The number of hydrogen-bond donors (Lipinski definition) is 1. The zero-order chi connectivity index (χ0) is 13.7. The summed E-state index contributed by atoms with van der Waals surface area (Å²) in [7, 11) is 1.27. The van der Waals surface area contributed by atoms with Crippen LogP contribution in [0, 0.1) is 6.92 Å². The van der Waals surface area contributed by atoms with Gasteiger partial charge < -0.3 is 14.7 Å². The Balaban J connectivity index is 2.93. The highest BCUT2D eigenvalue weighted by molar-refractivity contribution is 5.98. The zero-order valence-electron chi connectivity index (χ0n) is 10.8. The first-order chi connectivity index (χ1) is 8.49. The largest absolute Gasteiger partial charge is 0.507 e. The molecular weight excluding hydrogens is 234 g/mol. The molecule has 98 valence electrons. The van der Waals surface area contributed by atoms with Gasteiger partial charge in [-0.3, -0.25) is 9.59 Å². The van der Waals surface area contributed by atoms with Gasteiger partial charge in [0.15, 0.2) is 0 Å². The van der Waals surface area contributed by atoms with Crippen molar-refractivity contribution in [1.29, 1.82) is 0 Å². The quantitative estimate of drug-likeness (QED) is 0.820. The summed E-state index contributed by atoms with van der Waals surface area (Å²) in [4.78, 5) is 24.6. The summed E-state index contributed by atoms with van der Waals surface area (Å²) in [6.07, 6.45) is 0. The molecule has 0 bridgehead atoms. The Hall–Kier alpha value is -2.04. The van der Waals surface area contributed by atoms with Gasteiger partial charge in [-0.25, -0.2) is 0 Å². The highest BCUT2D eigenvalue weighted by Crippen LogP contribution is 2.20. The molecule has 0 radical (unpaired) electrons.